The van der Waals surface area contributed by atoms with E-state index in [4.69, 9.17) is 15.2 Å². The largest absolute Gasteiger partial charge is 0.438 e. The van der Waals surface area contributed by atoms with Crippen LogP contribution in [0, 0.1) is 6.92 Å². The molecule has 0 amide bonds. The first-order chi connectivity index (χ1) is 13.0. The number of hydrogen-bond acceptors (Lipinski definition) is 7. The third kappa shape index (κ3) is 3.29. The Morgan fingerprint density at radius 3 is 2.39 bits per heavy atom. The Kier molecular flexibility index (Phi) is 4.81. The maximum atomic E-state index is 12.6. The van der Waals surface area contributed by atoms with Crippen LogP contribution in [0.2, 0.25) is 0 Å². The lowest BCUT2D eigenvalue weighted by Crippen LogP contribution is -2.36. The van der Waals surface area contributed by atoms with Crippen molar-refractivity contribution >= 4 is 21.8 Å². The molecule has 1 aromatic carbocycles. The van der Waals surface area contributed by atoms with Crippen LogP contribution < -0.4 is 10.5 Å². The second-order valence-electron chi connectivity index (χ2n) is 7.24. The number of pyridine rings is 1. The molecule has 8 heteroatoms. The average Bonchev–Trinajstić information content (AvgIpc) is 2.86. The van der Waals surface area contributed by atoms with Crippen LogP contribution in [-0.2, 0) is 25.0 Å². The van der Waals surface area contributed by atoms with Gasteiger partial charge in [-0.25, -0.2) is 13.4 Å². The lowest BCUT2D eigenvalue weighted by molar-refractivity contribution is -0.139. The third-order valence-electron chi connectivity index (χ3n) is 4.58. The molecule has 1 atom stereocenters. The molecule has 0 spiro atoms. The highest BCUT2D eigenvalue weighted by Crippen LogP contribution is 2.49. The Morgan fingerprint density at radius 1 is 1.21 bits per heavy atom. The monoisotopic (exact) mass is 402 g/mol. The van der Waals surface area contributed by atoms with Crippen LogP contribution in [0.3, 0.4) is 0 Å². The van der Waals surface area contributed by atoms with E-state index in [1.54, 1.807) is 57.2 Å². The molecule has 1 aliphatic rings. The summed E-state index contributed by atoms with van der Waals surface area (Å²) in [7, 11) is -3.77. The molecule has 7 nitrogen and oxygen atoms in total. The van der Waals surface area contributed by atoms with Gasteiger partial charge in [0.25, 0.3) is 0 Å². The maximum Gasteiger partial charge on any atom is 0.219 e. The predicted octanol–water partition coefficient (Wildman–Crippen LogP) is 2.51. The average molecular weight is 402 g/mol. The summed E-state index contributed by atoms with van der Waals surface area (Å²) < 4.78 is 37.2. The van der Waals surface area contributed by atoms with Crippen molar-refractivity contribution in [2.45, 2.75) is 32.0 Å². The molecule has 0 fully saturated rings. The molecular formula is C20H22N2O5S. The van der Waals surface area contributed by atoms with Crippen molar-refractivity contribution in [2.24, 2.45) is 0 Å². The lowest BCUT2D eigenvalue weighted by atomic mass is 9.93. The quantitative estimate of drug-likeness (QED) is 0.766. The van der Waals surface area contributed by atoms with Gasteiger partial charge in [-0.15, -0.1) is 0 Å². The number of anilines is 1. The Labute approximate surface area is 164 Å². The number of rotatable bonds is 5. The molecule has 0 bridgehead atoms. The molecule has 1 unspecified atom stereocenters. The smallest absolute Gasteiger partial charge is 0.219 e. The standard InChI is InChI=1S/C20H22N2O5S/c1-13-10-16(22-11-15(13)21)26-17-18(28(4,24)25)19(2,3)27-20(17,12-23)14-8-6-5-7-9-14/h5-12H,21H2,1-4H3. The highest BCUT2D eigenvalue weighted by atomic mass is 32.2. The minimum absolute atomic E-state index is 0.104. The van der Waals surface area contributed by atoms with Crippen molar-refractivity contribution in [1.29, 1.82) is 0 Å². The van der Waals surface area contributed by atoms with E-state index in [2.05, 4.69) is 4.98 Å². The molecule has 3 rings (SSSR count). The number of benzene rings is 1. The molecule has 0 saturated heterocycles. The number of nitrogens with two attached hydrogens (primary N) is 1. The summed E-state index contributed by atoms with van der Waals surface area (Å²) in [5.41, 5.74) is 4.43. The van der Waals surface area contributed by atoms with Gasteiger partial charge >= 0.3 is 0 Å². The van der Waals surface area contributed by atoms with E-state index in [-0.39, 0.29) is 16.5 Å². The fourth-order valence-corrected chi connectivity index (χ4v) is 4.86. The van der Waals surface area contributed by atoms with Crippen molar-refractivity contribution in [3.8, 4) is 5.88 Å². The molecule has 1 aromatic heterocycles. The van der Waals surface area contributed by atoms with Crippen LogP contribution >= 0.6 is 0 Å². The number of carbonyl (C=O) groups is 1. The molecule has 0 saturated carbocycles. The molecule has 2 aromatic rings. The number of nitrogens with zero attached hydrogens (tertiary/aromatic N) is 1. The van der Waals surface area contributed by atoms with Crippen LogP contribution in [0.25, 0.3) is 0 Å². The van der Waals surface area contributed by atoms with E-state index in [0.717, 1.165) is 6.26 Å². The van der Waals surface area contributed by atoms with Gasteiger partial charge in [-0.1, -0.05) is 30.3 Å². The normalized spacial score (nSPS) is 21.6. The molecule has 28 heavy (non-hydrogen) atoms. The fraction of sp³-hybridized carbons (Fsp3) is 0.300. The molecule has 148 valence electrons. The SMILES string of the molecule is Cc1cc(OC2=C(S(C)(=O)=O)C(C)(C)OC2(C=O)c2ccccc2)ncc1N. The Morgan fingerprint density at radius 2 is 1.86 bits per heavy atom. The summed E-state index contributed by atoms with van der Waals surface area (Å²) in [6.45, 7) is 4.94. The van der Waals surface area contributed by atoms with Gasteiger partial charge in [-0.05, 0) is 31.9 Å². The summed E-state index contributed by atoms with van der Waals surface area (Å²) in [4.78, 5) is 16.3. The van der Waals surface area contributed by atoms with Crippen LogP contribution in [0.15, 0.2) is 53.3 Å². The van der Waals surface area contributed by atoms with Crippen LogP contribution in [-0.4, -0.2) is 31.5 Å². The van der Waals surface area contributed by atoms with E-state index < -0.39 is 21.0 Å². The first kappa shape index (κ1) is 20.0. The van der Waals surface area contributed by atoms with Crippen molar-refractivity contribution in [3.05, 3.63) is 64.4 Å². The molecule has 0 radical (unpaired) electrons. The van der Waals surface area contributed by atoms with Gasteiger partial charge in [-0.3, -0.25) is 4.79 Å². The van der Waals surface area contributed by atoms with E-state index in [9.17, 15) is 13.2 Å². The zero-order valence-electron chi connectivity index (χ0n) is 16.1. The number of nitrogen functional groups attached to an aromatic ring is 1. The Balaban J connectivity index is 2.30. The zero-order valence-corrected chi connectivity index (χ0v) is 16.9. The van der Waals surface area contributed by atoms with Crippen LogP contribution in [0.1, 0.15) is 25.0 Å². The fourth-order valence-electron chi connectivity index (χ4n) is 3.40. The number of hydrogen-bond donors (Lipinski definition) is 1. The summed E-state index contributed by atoms with van der Waals surface area (Å²) in [6.07, 6.45) is 3.03. The number of aryl methyl sites for hydroxylation is 1. The number of sulfone groups is 1. The molecule has 2 heterocycles. The van der Waals surface area contributed by atoms with E-state index >= 15 is 0 Å². The maximum absolute atomic E-state index is 12.6. The van der Waals surface area contributed by atoms with Gasteiger partial charge in [-0.2, -0.15) is 0 Å². The van der Waals surface area contributed by atoms with E-state index in [1.807, 2.05) is 0 Å². The number of aromatic nitrogens is 1. The molecular weight excluding hydrogens is 380 g/mol. The van der Waals surface area contributed by atoms with E-state index in [1.165, 1.54) is 6.20 Å². The van der Waals surface area contributed by atoms with Crippen molar-refractivity contribution in [2.75, 3.05) is 12.0 Å². The third-order valence-corrected chi connectivity index (χ3v) is 6.00. The molecule has 2 N–H and O–H groups in total. The van der Waals surface area contributed by atoms with Crippen LogP contribution in [0.4, 0.5) is 5.69 Å². The summed E-state index contributed by atoms with van der Waals surface area (Å²) in [6, 6.07) is 10.2. The zero-order chi connectivity index (χ0) is 20.7. The number of carbonyl (C=O) groups excluding carboxylic acids is 1. The first-order valence-corrected chi connectivity index (χ1v) is 10.5. The van der Waals surface area contributed by atoms with Crippen molar-refractivity contribution < 1.29 is 22.7 Å². The Hall–Kier alpha value is -2.71. The second kappa shape index (κ2) is 6.72. The predicted molar refractivity (Wildman–Crippen MR) is 105 cm³/mol. The summed E-state index contributed by atoms with van der Waals surface area (Å²) in [5, 5.41) is 0. The highest BCUT2D eigenvalue weighted by molar-refractivity contribution is 7.94. The summed E-state index contributed by atoms with van der Waals surface area (Å²) in [5.74, 6) is 0.00387. The topological polar surface area (TPSA) is 109 Å². The molecule has 1 aliphatic heterocycles. The second-order valence-corrected chi connectivity index (χ2v) is 9.20. The van der Waals surface area contributed by atoms with Gasteiger partial charge in [0.05, 0.1) is 11.9 Å². The van der Waals surface area contributed by atoms with Crippen molar-refractivity contribution in [3.63, 3.8) is 0 Å². The Bertz CT molecular complexity index is 1060. The minimum Gasteiger partial charge on any atom is -0.438 e. The number of ether oxygens (including phenoxy) is 2. The van der Waals surface area contributed by atoms with Crippen molar-refractivity contribution in [1.82, 2.24) is 4.98 Å². The first-order valence-electron chi connectivity index (χ1n) is 8.58. The minimum atomic E-state index is -3.77. The van der Waals surface area contributed by atoms with Gasteiger partial charge < -0.3 is 15.2 Å². The van der Waals surface area contributed by atoms with Gasteiger partial charge in [0.2, 0.25) is 11.5 Å². The van der Waals surface area contributed by atoms with Gasteiger partial charge in [0.1, 0.15) is 10.5 Å². The summed E-state index contributed by atoms with van der Waals surface area (Å²) >= 11 is 0. The number of aldehydes is 1. The lowest BCUT2D eigenvalue weighted by Gasteiger charge is -2.29. The highest BCUT2D eigenvalue weighted by Gasteiger charge is 2.57. The van der Waals surface area contributed by atoms with Gasteiger partial charge in [0, 0.05) is 12.3 Å². The molecule has 0 aliphatic carbocycles. The van der Waals surface area contributed by atoms with E-state index in [0.29, 0.717) is 23.1 Å². The van der Waals surface area contributed by atoms with Crippen LogP contribution in [0.5, 0.6) is 5.88 Å². The van der Waals surface area contributed by atoms with Gasteiger partial charge in [0.15, 0.2) is 21.9 Å².